The van der Waals surface area contributed by atoms with Gasteiger partial charge in [-0.1, -0.05) is 17.7 Å². The molecule has 0 N–H and O–H groups in total. The van der Waals surface area contributed by atoms with Gasteiger partial charge >= 0.3 is 5.97 Å². The second-order valence-electron chi connectivity index (χ2n) is 6.00. The molecule has 0 radical (unpaired) electrons. The Morgan fingerprint density at radius 3 is 2.57 bits per heavy atom. The van der Waals surface area contributed by atoms with E-state index in [4.69, 9.17) is 9.47 Å². The monoisotopic (exact) mass is 287 g/mol. The largest absolute Gasteiger partial charge is 0.618 e. The normalized spacial score (nSPS) is 22.5. The first-order valence-electron chi connectivity index (χ1n) is 6.87. The summed E-state index contributed by atoms with van der Waals surface area (Å²) in [5.41, 5.74) is 2.12. The van der Waals surface area contributed by atoms with Crippen molar-refractivity contribution < 1.29 is 19.0 Å². The Morgan fingerprint density at radius 1 is 1.24 bits per heavy atom. The van der Waals surface area contributed by atoms with E-state index in [0.29, 0.717) is 23.4 Å². The Balaban J connectivity index is 2.12. The molecule has 0 amide bonds. The van der Waals surface area contributed by atoms with E-state index in [9.17, 15) is 10.0 Å². The van der Waals surface area contributed by atoms with E-state index in [1.165, 1.54) is 0 Å². The summed E-state index contributed by atoms with van der Waals surface area (Å²) in [6, 6.07) is 7.32. The summed E-state index contributed by atoms with van der Waals surface area (Å²) in [4.78, 5) is 11.7. The highest BCUT2D eigenvalue weighted by atomic mass is 16.6. The molecule has 1 aromatic carbocycles. The summed E-state index contributed by atoms with van der Waals surface area (Å²) < 4.78 is 11.5. The van der Waals surface area contributed by atoms with Crippen molar-refractivity contribution in [3.8, 4) is 0 Å². The van der Waals surface area contributed by atoms with Crippen molar-refractivity contribution in [3.63, 3.8) is 0 Å². The van der Waals surface area contributed by atoms with Crippen LogP contribution in [0.3, 0.4) is 0 Å². The van der Waals surface area contributed by atoms with Gasteiger partial charge in [-0.2, -0.15) is 4.74 Å². The molecule has 5 nitrogen and oxygen atoms in total. The molecule has 0 saturated heterocycles. The highest BCUT2D eigenvalue weighted by Gasteiger charge is 2.44. The molecular weight excluding hydrogens is 270 g/mol. The average molecular weight is 287 g/mol. The van der Waals surface area contributed by atoms with E-state index < -0.39 is 11.6 Å². The molecule has 0 atom stereocenters. The van der Waals surface area contributed by atoms with Gasteiger partial charge in [-0.3, -0.25) is 0 Å². The number of nitrogens with zero attached hydrogens (tertiary/aromatic N) is 1. The Morgan fingerprint density at radius 2 is 1.90 bits per heavy atom. The smallest absolute Gasteiger partial charge is 0.374 e. The molecule has 0 unspecified atom stereocenters. The molecular formula is C16H17NO4. The number of cyclic esters (lactones) is 1. The zero-order valence-corrected chi connectivity index (χ0v) is 12.3. The van der Waals surface area contributed by atoms with Crippen LogP contribution in [0.4, 0.5) is 5.69 Å². The highest BCUT2D eigenvalue weighted by Crippen LogP contribution is 2.34. The van der Waals surface area contributed by atoms with Gasteiger partial charge in [0.25, 0.3) is 0 Å². The van der Waals surface area contributed by atoms with Gasteiger partial charge in [0.05, 0.1) is 6.42 Å². The zero-order chi connectivity index (χ0) is 15.2. The van der Waals surface area contributed by atoms with Crippen LogP contribution in [0.5, 0.6) is 0 Å². The van der Waals surface area contributed by atoms with Crippen LogP contribution in [-0.2, 0) is 14.3 Å². The average Bonchev–Trinajstić information content (AvgIpc) is 2.78. The number of aryl methyl sites for hydroxylation is 1. The number of ether oxygens (including phenoxy) is 2. The summed E-state index contributed by atoms with van der Waals surface area (Å²) in [7, 11) is 0. The van der Waals surface area contributed by atoms with Gasteiger partial charge in [0.15, 0.2) is 0 Å². The van der Waals surface area contributed by atoms with E-state index >= 15 is 0 Å². The van der Waals surface area contributed by atoms with Crippen molar-refractivity contribution in [3.05, 3.63) is 46.4 Å². The van der Waals surface area contributed by atoms with Crippen LogP contribution in [0.25, 0.3) is 0 Å². The van der Waals surface area contributed by atoms with Gasteiger partial charge in [0.2, 0.25) is 17.2 Å². The first-order valence-corrected chi connectivity index (χ1v) is 6.87. The molecule has 0 bridgehead atoms. The maximum Gasteiger partial charge on any atom is 0.374 e. The van der Waals surface area contributed by atoms with Gasteiger partial charge in [-0.05, 0) is 20.8 Å². The molecule has 2 heterocycles. The first-order chi connectivity index (χ1) is 9.87. The molecule has 2 aliphatic rings. The van der Waals surface area contributed by atoms with Crippen LogP contribution < -0.4 is 0 Å². The summed E-state index contributed by atoms with van der Waals surface area (Å²) in [5.74, 6) is -0.318. The number of rotatable bonds is 1. The fourth-order valence-corrected chi connectivity index (χ4v) is 2.56. The quantitative estimate of drug-likeness (QED) is 0.345. The first kappa shape index (κ1) is 13.7. The van der Waals surface area contributed by atoms with E-state index in [2.05, 4.69) is 0 Å². The SMILES string of the molecule is Cc1ccc(/[N+]([O-])=C2/CC(C)(C)OC3=C2COC3=O)cc1. The lowest BCUT2D eigenvalue weighted by Crippen LogP contribution is -2.36. The molecule has 5 heteroatoms. The maximum atomic E-state index is 12.7. The van der Waals surface area contributed by atoms with E-state index in [1.54, 1.807) is 12.1 Å². The Kier molecular flexibility index (Phi) is 3.01. The number of hydrogen-bond acceptors (Lipinski definition) is 4. The van der Waals surface area contributed by atoms with E-state index in [0.717, 1.165) is 10.3 Å². The molecule has 0 fully saturated rings. The number of carbonyl (C=O) groups excluding carboxylic acids is 1. The molecule has 0 spiro atoms. The van der Waals surface area contributed by atoms with Crippen LogP contribution in [0.1, 0.15) is 25.8 Å². The predicted molar refractivity (Wildman–Crippen MR) is 77.2 cm³/mol. The fourth-order valence-electron chi connectivity index (χ4n) is 2.56. The summed E-state index contributed by atoms with van der Waals surface area (Å²) in [5, 5.41) is 12.7. The number of hydrogen-bond donors (Lipinski definition) is 0. The standard InChI is InChI=1S/C16H17NO4/c1-10-4-6-11(7-5-10)17(19)13-8-16(2,3)21-14-12(13)9-20-15(14)18/h4-7H,8-9H2,1-3H3/b17-13+. The van der Waals surface area contributed by atoms with E-state index in [-0.39, 0.29) is 12.4 Å². The Bertz CT molecular complexity index is 668. The van der Waals surface area contributed by atoms with E-state index in [1.807, 2.05) is 32.9 Å². The molecule has 0 saturated carbocycles. The minimum Gasteiger partial charge on any atom is -0.618 e. The van der Waals surface area contributed by atoms with Crippen molar-refractivity contribution in [1.29, 1.82) is 0 Å². The van der Waals surface area contributed by atoms with Crippen molar-refractivity contribution in [2.75, 3.05) is 6.61 Å². The molecule has 21 heavy (non-hydrogen) atoms. The lowest BCUT2D eigenvalue weighted by atomic mass is 9.93. The van der Waals surface area contributed by atoms with Crippen LogP contribution in [0.2, 0.25) is 0 Å². The third kappa shape index (κ3) is 2.39. The topological polar surface area (TPSA) is 61.6 Å². The van der Waals surface area contributed by atoms with Gasteiger partial charge in [-0.25, -0.2) is 4.79 Å². The molecule has 110 valence electrons. The Labute approximate surface area is 123 Å². The minimum absolute atomic E-state index is 0.101. The predicted octanol–water partition coefficient (Wildman–Crippen LogP) is 2.59. The highest BCUT2D eigenvalue weighted by molar-refractivity contribution is 6.07. The molecule has 0 aromatic heterocycles. The molecule has 0 aliphatic carbocycles. The third-order valence-corrected chi connectivity index (χ3v) is 3.64. The van der Waals surface area contributed by atoms with Crippen molar-refractivity contribution in [2.24, 2.45) is 0 Å². The number of benzene rings is 1. The van der Waals surface area contributed by atoms with Gasteiger partial charge in [0, 0.05) is 12.1 Å². The zero-order valence-electron chi connectivity index (χ0n) is 12.3. The maximum absolute atomic E-state index is 12.7. The van der Waals surface area contributed by atoms with Crippen LogP contribution in [0, 0.1) is 12.1 Å². The molecule has 2 aliphatic heterocycles. The lowest BCUT2D eigenvalue weighted by Gasteiger charge is -2.30. The second kappa shape index (κ2) is 4.62. The summed E-state index contributed by atoms with van der Waals surface area (Å²) >= 11 is 0. The van der Waals surface area contributed by atoms with Gasteiger partial charge in [-0.15, -0.1) is 0 Å². The van der Waals surface area contributed by atoms with Crippen LogP contribution in [0.15, 0.2) is 35.6 Å². The molecule has 3 rings (SSSR count). The van der Waals surface area contributed by atoms with Crippen LogP contribution in [-0.4, -0.2) is 28.6 Å². The lowest BCUT2D eigenvalue weighted by molar-refractivity contribution is -0.363. The summed E-state index contributed by atoms with van der Waals surface area (Å²) in [6.07, 6.45) is 0.430. The van der Waals surface area contributed by atoms with Crippen molar-refractivity contribution in [1.82, 2.24) is 0 Å². The minimum atomic E-state index is -0.606. The number of carbonyl (C=O) groups is 1. The fraction of sp³-hybridized carbons (Fsp3) is 0.375. The second-order valence-corrected chi connectivity index (χ2v) is 6.00. The van der Waals surface area contributed by atoms with Crippen molar-refractivity contribution >= 4 is 17.4 Å². The van der Waals surface area contributed by atoms with Crippen LogP contribution >= 0.6 is 0 Å². The number of esters is 1. The Hall–Kier alpha value is -2.30. The van der Waals surface area contributed by atoms with Crippen molar-refractivity contribution in [2.45, 2.75) is 32.8 Å². The van der Waals surface area contributed by atoms with Gasteiger partial charge in [0.1, 0.15) is 17.8 Å². The van der Waals surface area contributed by atoms with Gasteiger partial charge < -0.3 is 14.7 Å². The summed E-state index contributed by atoms with van der Waals surface area (Å²) in [6.45, 7) is 5.77. The molecule has 1 aromatic rings. The third-order valence-electron chi connectivity index (χ3n) is 3.64.